The zero-order valence-corrected chi connectivity index (χ0v) is 23.9. The van der Waals surface area contributed by atoms with Crippen LogP contribution in [0.15, 0.2) is 66.7 Å². The van der Waals surface area contributed by atoms with Crippen molar-refractivity contribution >= 4 is 5.91 Å². The minimum atomic E-state index is -1.87. The molecular weight excluding hydrogens is 526 g/mol. The molecule has 0 bridgehead atoms. The maximum atomic E-state index is 14.3. The van der Waals surface area contributed by atoms with Crippen molar-refractivity contribution in [1.29, 1.82) is 0 Å². The SMILES string of the molecule is COc1ccc([C@@]23Oc4cc(OC)cc(OC)c4[C@@]24NC(C)N[C@@]4(O)[C@H](C(=O)N(C)OC)[C@H]3c2ccccc2)cc1. The Morgan fingerprint density at radius 1 is 0.927 bits per heavy atom. The van der Waals surface area contributed by atoms with Crippen LogP contribution in [0, 0.1) is 5.92 Å². The van der Waals surface area contributed by atoms with Crippen molar-refractivity contribution in [3.8, 4) is 23.0 Å². The van der Waals surface area contributed by atoms with Crippen LogP contribution in [0.4, 0.5) is 0 Å². The number of aliphatic hydroxyl groups is 1. The molecular formula is C31H35N3O7. The number of nitrogens with one attached hydrogen (secondary N) is 2. The van der Waals surface area contributed by atoms with Crippen LogP contribution in [0.1, 0.15) is 29.5 Å². The smallest absolute Gasteiger partial charge is 0.254 e. The summed E-state index contributed by atoms with van der Waals surface area (Å²) in [6.45, 7) is 1.90. The molecule has 1 saturated heterocycles. The normalized spacial score (nSPS) is 31.0. The second-order valence-corrected chi connectivity index (χ2v) is 10.7. The second-order valence-electron chi connectivity index (χ2n) is 10.7. The summed E-state index contributed by atoms with van der Waals surface area (Å²) in [5.41, 5.74) is -2.50. The van der Waals surface area contributed by atoms with Gasteiger partial charge in [0.2, 0.25) is 0 Å². The largest absolute Gasteiger partial charge is 0.497 e. The lowest BCUT2D eigenvalue weighted by Crippen LogP contribution is -2.64. The van der Waals surface area contributed by atoms with Crippen molar-refractivity contribution < 1.29 is 33.7 Å². The minimum absolute atomic E-state index is 0.411. The monoisotopic (exact) mass is 561 g/mol. The minimum Gasteiger partial charge on any atom is -0.497 e. The first-order valence-corrected chi connectivity index (χ1v) is 13.5. The Kier molecular flexibility index (Phi) is 6.42. The van der Waals surface area contributed by atoms with Crippen LogP contribution in [0.25, 0.3) is 0 Å². The summed E-state index contributed by atoms with van der Waals surface area (Å²) >= 11 is 0. The zero-order chi connectivity index (χ0) is 29.2. The number of hydroxylamine groups is 2. The number of nitrogens with zero attached hydrogens (tertiary/aromatic N) is 1. The van der Waals surface area contributed by atoms with Crippen LogP contribution < -0.4 is 29.6 Å². The lowest BCUT2D eigenvalue weighted by Gasteiger charge is -2.44. The molecule has 3 aromatic rings. The zero-order valence-electron chi connectivity index (χ0n) is 23.9. The third kappa shape index (κ3) is 3.42. The van der Waals surface area contributed by atoms with E-state index in [0.29, 0.717) is 28.6 Å². The van der Waals surface area contributed by atoms with Crippen LogP contribution >= 0.6 is 0 Å². The highest BCUT2D eigenvalue weighted by Crippen LogP contribution is 2.74. The summed E-state index contributed by atoms with van der Waals surface area (Å²) in [5.74, 6) is -0.0467. The Morgan fingerprint density at radius 3 is 2.22 bits per heavy atom. The van der Waals surface area contributed by atoms with Gasteiger partial charge in [0.25, 0.3) is 5.91 Å². The van der Waals surface area contributed by atoms with Gasteiger partial charge in [-0.05, 0) is 30.2 Å². The predicted molar refractivity (Wildman–Crippen MR) is 150 cm³/mol. The number of methoxy groups -OCH3 is 3. The molecule has 3 aromatic carbocycles. The molecule has 0 radical (unpaired) electrons. The molecule has 6 atom stereocenters. The fraction of sp³-hybridized carbons (Fsp3) is 0.387. The van der Waals surface area contributed by atoms with E-state index in [1.54, 1.807) is 40.5 Å². The van der Waals surface area contributed by atoms with Gasteiger partial charge in [0.15, 0.2) is 11.3 Å². The maximum absolute atomic E-state index is 14.3. The van der Waals surface area contributed by atoms with Crippen molar-refractivity contribution in [1.82, 2.24) is 15.7 Å². The van der Waals surface area contributed by atoms with Crippen molar-refractivity contribution in [3.05, 3.63) is 83.4 Å². The van der Waals surface area contributed by atoms with E-state index in [0.717, 1.165) is 16.2 Å². The molecule has 1 amide bonds. The van der Waals surface area contributed by atoms with E-state index in [1.165, 1.54) is 7.11 Å². The molecule has 1 saturated carbocycles. The third-order valence-electron chi connectivity index (χ3n) is 8.89. The van der Waals surface area contributed by atoms with Gasteiger partial charge in [-0.1, -0.05) is 42.5 Å². The standard InChI is InChI=1S/C31H35N3O7/c1-18-32-30-26-23(39-5)16-22(38-4)17-24(26)41-29(30,20-12-14-21(37-3)15-13-20)25(19-10-8-7-9-11-19)27(31(30,36)33-18)28(35)34(2)40-6/h7-18,25,27,32-33,36H,1-6H3/t18?,25-,27+,29+,30-,31-/m1/s1. The number of carbonyl (C=O) groups excluding carboxylic acids is 1. The van der Waals surface area contributed by atoms with E-state index < -0.39 is 40.8 Å². The Hall–Kier alpha value is -3.83. The average molecular weight is 562 g/mol. The quantitative estimate of drug-likeness (QED) is 0.375. The fourth-order valence-corrected chi connectivity index (χ4v) is 7.38. The molecule has 3 N–H and O–H groups in total. The molecule has 2 heterocycles. The van der Waals surface area contributed by atoms with Gasteiger partial charge in [0.05, 0.1) is 46.1 Å². The Labute approximate surface area is 239 Å². The fourth-order valence-electron chi connectivity index (χ4n) is 7.38. The number of rotatable bonds is 7. The number of hydrogen-bond donors (Lipinski definition) is 3. The topological polar surface area (TPSA) is 111 Å². The van der Waals surface area contributed by atoms with Gasteiger partial charge in [0, 0.05) is 25.1 Å². The second kappa shape index (κ2) is 9.63. The van der Waals surface area contributed by atoms with Gasteiger partial charge >= 0.3 is 0 Å². The lowest BCUT2D eigenvalue weighted by molar-refractivity contribution is -0.184. The highest BCUT2D eigenvalue weighted by Gasteiger charge is 2.86. The molecule has 216 valence electrons. The van der Waals surface area contributed by atoms with E-state index in [2.05, 4.69) is 10.6 Å². The summed E-state index contributed by atoms with van der Waals surface area (Å²) in [7, 11) is 7.71. The van der Waals surface area contributed by atoms with E-state index in [4.69, 9.17) is 23.8 Å². The third-order valence-corrected chi connectivity index (χ3v) is 8.89. The van der Waals surface area contributed by atoms with E-state index in [9.17, 15) is 9.90 Å². The van der Waals surface area contributed by atoms with Gasteiger partial charge < -0.3 is 24.1 Å². The van der Waals surface area contributed by atoms with E-state index in [-0.39, 0.29) is 0 Å². The molecule has 3 aliphatic rings. The molecule has 2 aliphatic heterocycles. The van der Waals surface area contributed by atoms with Gasteiger partial charge in [-0.3, -0.25) is 20.3 Å². The van der Waals surface area contributed by atoms with Gasteiger partial charge in [-0.2, -0.15) is 0 Å². The first-order valence-electron chi connectivity index (χ1n) is 13.5. The summed E-state index contributed by atoms with van der Waals surface area (Å²) in [4.78, 5) is 19.7. The van der Waals surface area contributed by atoms with Crippen molar-refractivity contribution in [2.24, 2.45) is 5.92 Å². The Balaban J connectivity index is 1.77. The highest BCUT2D eigenvalue weighted by atomic mass is 16.7. The van der Waals surface area contributed by atoms with Crippen molar-refractivity contribution in [2.75, 3.05) is 35.5 Å². The number of benzene rings is 3. The summed E-state index contributed by atoms with van der Waals surface area (Å²) in [5, 5.41) is 21.3. The molecule has 0 aromatic heterocycles. The van der Waals surface area contributed by atoms with Crippen LogP contribution in [0.2, 0.25) is 0 Å². The summed E-state index contributed by atoms with van der Waals surface area (Å²) in [6.07, 6.45) is -0.418. The van der Waals surface area contributed by atoms with Crippen LogP contribution in [0.3, 0.4) is 0 Å². The summed E-state index contributed by atoms with van der Waals surface area (Å²) in [6, 6.07) is 20.8. The maximum Gasteiger partial charge on any atom is 0.254 e. The van der Waals surface area contributed by atoms with E-state index in [1.807, 2.05) is 61.5 Å². The van der Waals surface area contributed by atoms with Gasteiger partial charge in [-0.25, -0.2) is 5.06 Å². The Morgan fingerprint density at radius 2 is 1.61 bits per heavy atom. The predicted octanol–water partition coefficient (Wildman–Crippen LogP) is 2.86. The number of carbonyl (C=O) groups is 1. The van der Waals surface area contributed by atoms with Crippen LogP contribution in [0.5, 0.6) is 23.0 Å². The van der Waals surface area contributed by atoms with Crippen LogP contribution in [-0.4, -0.2) is 63.5 Å². The molecule has 41 heavy (non-hydrogen) atoms. The van der Waals surface area contributed by atoms with E-state index >= 15 is 0 Å². The van der Waals surface area contributed by atoms with Crippen molar-refractivity contribution in [2.45, 2.75) is 35.9 Å². The molecule has 1 aliphatic carbocycles. The molecule has 10 heteroatoms. The van der Waals surface area contributed by atoms with Crippen molar-refractivity contribution in [3.63, 3.8) is 0 Å². The first kappa shape index (κ1) is 27.3. The first-order chi connectivity index (χ1) is 19.7. The van der Waals surface area contributed by atoms with Gasteiger partial charge in [-0.15, -0.1) is 0 Å². The van der Waals surface area contributed by atoms with Crippen LogP contribution in [-0.2, 0) is 20.8 Å². The molecule has 6 rings (SSSR count). The lowest BCUT2D eigenvalue weighted by atomic mass is 9.68. The molecule has 1 spiro atoms. The average Bonchev–Trinajstić information content (AvgIpc) is 3.51. The molecule has 2 fully saturated rings. The number of amides is 1. The summed E-state index contributed by atoms with van der Waals surface area (Å²) < 4.78 is 24.2. The highest BCUT2D eigenvalue weighted by molar-refractivity contribution is 5.84. The number of hydrogen-bond acceptors (Lipinski definition) is 9. The number of ether oxygens (including phenoxy) is 4. The van der Waals surface area contributed by atoms with Gasteiger partial charge in [0.1, 0.15) is 28.5 Å². The number of fused-ring (bicyclic) bond motifs is 1. The molecule has 1 unspecified atom stereocenters. The Bertz CT molecular complexity index is 1470. The molecule has 10 nitrogen and oxygen atoms in total.